The van der Waals surface area contributed by atoms with E-state index in [1.165, 1.54) is 6.92 Å². The number of nitrogens with zero attached hydrogens (tertiary/aromatic N) is 1. The van der Waals surface area contributed by atoms with E-state index in [1.54, 1.807) is 0 Å². The van der Waals surface area contributed by atoms with E-state index >= 15 is 0 Å². The zero-order valence-electron chi connectivity index (χ0n) is 10.7. The molecule has 0 aliphatic heterocycles. The number of rotatable bonds is 3. The Kier molecular flexibility index (Phi) is 4.91. The zero-order valence-corrected chi connectivity index (χ0v) is 10.7. The van der Waals surface area contributed by atoms with E-state index in [0.717, 1.165) is 30.1 Å². The van der Waals surface area contributed by atoms with E-state index in [1.807, 2.05) is 0 Å². The predicted octanol–water partition coefficient (Wildman–Crippen LogP) is 3.66. The molecule has 1 rings (SSSR count). The lowest BCUT2D eigenvalue weighted by Gasteiger charge is -2.25. The highest BCUT2D eigenvalue weighted by molar-refractivity contribution is 5.68. The van der Waals surface area contributed by atoms with E-state index in [4.69, 9.17) is 0 Å². The summed E-state index contributed by atoms with van der Waals surface area (Å²) in [6.45, 7) is -0.402. The first-order valence-corrected chi connectivity index (χ1v) is 5.53. The fourth-order valence-electron chi connectivity index (χ4n) is 1.45. The summed E-state index contributed by atoms with van der Waals surface area (Å²) in [6, 6.07) is 1.66. The van der Waals surface area contributed by atoms with Crippen molar-refractivity contribution in [2.24, 2.45) is 0 Å². The molecule has 1 aromatic carbocycles. The minimum absolute atomic E-state index is 0.156. The first kappa shape index (κ1) is 16.2. The highest BCUT2D eigenvalue weighted by atomic mass is 19.4. The van der Waals surface area contributed by atoms with Crippen LogP contribution in [-0.4, -0.2) is 30.8 Å². The van der Waals surface area contributed by atoms with Gasteiger partial charge >= 0.3 is 12.3 Å². The Balaban J connectivity index is 2.78. The first-order valence-electron chi connectivity index (χ1n) is 5.53. The van der Waals surface area contributed by atoms with Crippen LogP contribution < -0.4 is 0 Å². The standard InChI is InChI=1S/C12H12F5NO2/c1-7(9-5-8(13)3-4-10(9)14)18(2)11(19)20-6-12(15,16)17/h3-5,7H,6H2,1-2H3. The second kappa shape index (κ2) is 6.06. The fraction of sp³-hybridized carbons (Fsp3) is 0.417. The van der Waals surface area contributed by atoms with E-state index in [9.17, 15) is 26.7 Å². The van der Waals surface area contributed by atoms with Crippen LogP contribution >= 0.6 is 0 Å². The molecule has 0 N–H and O–H groups in total. The molecule has 0 aliphatic carbocycles. The van der Waals surface area contributed by atoms with Crippen LogP contribution in [0.15, 0.2) is 18.2 Å². The van der Waals surface area contributed by atoms with Crippen molar-refractivity contribution in [3.8, 4) is 0 Å². The molecule has 1 amide bonds. The van der Waals surface area contributed by atoms with Crippen molar-refractivity contribution in [2.45, 2.75) is 19.1 Å². The normalized spacial score (nSPS) is 12.9. The summed E-state index contributed by atoms with van der Waals surface area (Å²) in [7, 11) is 1.13. The van der Waals surface area contributed by atoms with Crippen LogP contribution in [0.25, 0.3) is 0 Å². The van der Waals surface area contributed by atoms with Crippen molar-refractivity contribution < 1.29 is 31.5 Å². The largest absolute Gasteiger partial charge is 0.440 e. The smallest absolute Gasteiger partial charge is 0.422 e. The van der Waals surface area contributed by atoms with Crippen LogP contribution in [0.4, 0.5) is 26.7 Å². The molecule has 0 saturated carbocycles. The van der Waals surface area contributed by atoms with Crippen molar-refractivity contribution >= 4 is 6.09 Å². The van der Waals surface area contributed by atoms with Gasteiger partial charge in [-0.05, 0) is 25.1 Å². The number of hydrogen-bond acceptors (Lipinski definition) is 2. The van der Waals surface area contributed by atoms with Gasteiger partial charge < -0.3 is 9.64 Å². The summed E-state index contributed by atoms with van der Waals surface area (Å²) in [6.07, 6.45) is -5.93. The number of halogens is 5. The van der Waals surface area contributed by atoms with Gasteiger partial charge in [0.05, 0.1) is 6.04 Å². The molecule has 0 aromatic heterocycles. The second-order valence-corrected chi connectivity index (χ2v) is 4.12. The van der Waals surface area contributed by atoms with Gasteiger partial charge in [-0.2, -0.15) is 13.2 Å². The summed E-state index contributed by atoms with van der Waals surface area (Å²) in [4.78, 5) is 12.1. The molecule has 0 radical (unpaired) electrons. The van der Waals surface area contributed by atoms with Gasteiger partial charge in [0.25, 0.3) is 0 Å². The van der Waals surface area contributed by atoms with Crippen LogP contribution in [0.1, 0.15) is 18.5 Å². The highest BCUT2D eigenvalue weighted by Gasteiger charge is 2.31. The molecular formula is C12H12F5NO2. The molecule has 0 bridgehead atoms. The monoisotopic (exact) mass is 297 g/mol. The summed E-state index contributed by atoms with van der Waals surface area (Å²) in [5.74, 6) is -1.49. The van der Waals surface area contributed by atoms with Crippen molar-refractivity contribution in [2.75, 3.05) is 13.7 Å². The molecule has 20 heavy (non-hydrogen) atoms. The third-order valence-corrected chi connectivity index (χ3v) is 2.64. The van der Waals surface area contributed by atoms with Crippen LogP contribution in [0.2, 0.25) is 0 Å². The Labute approximate surface area is 111 Å². The van der Waals surface area contributed by atoms with Gasteiger partial charge in [-0.25, -0.2) is 13.6 Å². The van der Waals surface area contributed by atoms with E-state index in [-0.39, 0.29) is 5.56 Å². The SMILES string of the molecule is CC(c1cc(F)ccc1F)N(C)C(=O)OCC(F)(F)F. The van der Waals surface area contributed by atoms with Crippen molar-refractivity contribution in [3.63, 3.8) is 0 Å². The average Bonchev–Trinajstić information content (AvgIpc) is 2.36. The van der Waals surface area contributed by atoms with E-state index < -0.39 is 36.6 Å². The lowest BCUT2D eigenvalue weighted by molar-refractivity contribution is -0.162. The van der Waals surface area contributed by atoms with Crippen LogP contribution in [0.3, 0.4) is 0 Å². The fourth-order valence-corrected chi connectivity index (χ4v) is 1.45. The van der Waals surface area contributed by atoms with Crippen molar-refractivity contribution in [1.82, 2.24) is 4.90 Å². The number of carbonyl (C=O) groups excluding carboxylic acids is 1. The maximum absolute atomic E-state index is 13.5. The van der Waals surface area contributed by atoms with Gasteiger partial charge in [-0.3, -0.25) is 0 Å². The van der Waals surface area contributed by atoms with Gasteiger partial charge in [-0.15, -0.1) is 0 Å². The van der Waals surface area contributed by atoms with Crippen molar-refractivity contribution in [1.29, 1.82) is 0 Å². The molecule has 0 aliphatic rings. The number of benzene rings is 1. The van der Waals surface area contributed by atoms with Crippen LogP contribution in [0.5, 0.6) is 0 Å². The number of alkyl halides is 3. The molecule has 3 nitrogen and oxygen atoms in total. The van der Waals surface area contributed by atoms with Crippen molar-refractivity contribution in [3.05, 3.63) is 35.4 Å². The van der Waals surface area contributed by atoms with Gasteiger partial charge in [-0.1, -0.05) is 0 Å². The molecule has 8 heteroatoms. The third kappa shape index (κ3) is 4.36. The summed E-state index contributed by atoms with van der Waals surface area (Å²) in [5.41, 5.74) is -0.156. The average molecular weight is 297 g/mol. The van der Waals surface area contributed by atoms with Crippen LogP contribution in [0, 0.1) is 11.6 Å². The summed E-state index contributed by atoms with van der Waals surface area (Å²) in [5, 5.41) is 0. The molecule has 0 spiro atoms. The molecule has 1 unspecified atom stereocenters. The molecule has 1 aromatic rings. The number of hydrogen-bond donors (Lipinski definition) is 0. The Morgan fingerprint density at radius 1 is 1.35 bits per heavy atom. The highest BCUT2D eigenvalue weighted by Crippen LogP contribution is 2.24. The maximum Gasteiger partial charge on any atom is 0.422 e. The Morgan fingerprint density at radius 2 is 1.95 bits per heavy atom. The van der Waals surface area contributed by atoms with Gasteiger partial charge in [0.1, 0.15) is 11.6 Å². The Morgan fingerprint density at radius 3 is 2.50 bits per heavy atom. The minimum atomic E-state index is -4.65. The molecule has 0 saturated heterocycles. The first-order chi connectivity index (χ1) is 9.11. The number of amides is 1. The quantitative estimate of drug-likeness (QED) is 0.797. The van der Waals surface area contributed by atoms with E-state index in [0.29, 0.717) is 0 Å². The zero-order chi connectivity index (χ0) is 15.5. The topological polar surface area (TPSA) is 29.5 Å². The number of carbonyl (C=O) groups is 1. The maximum atomic E-state index is 13.5. The molecule has 0 heterocycles. The predicted molar refractivity (Wildman–Crippen MR) is 59.9 cm³/mol. The lowest BCUT2D eigenvalue weighted by Crippen LogP contribution is -2.33. The van der Waals surface area contributed by atoms with Crippen LogP contribution in [-0.2, 0) is 4.74 Å². The second-order valence-electron chi connectivity index (χ2n) is 4.12. The molecule has 1 atom stereocenters. The summed E-state index contributed by atoms with van der Waals surface area (Å²) >= 11 is 0. The molecule has 0 fully saturated rings. The third-order valence-electron chi connectivity index (χ3n) is 2.64. The van der Waals surface area contributed by atoms with Gasteiger partial charge in [0, 0.05) is 12.6 Å². The number of ether oxygens (including phenoxy) is 1. The van der Waals surface area contributed by atoms with Gasteiger partial charge in [0.2, 0.25) is 0 Å². The molecule has 112 valence electrons. The van der Waals surface area contributed by atoms with Gasteiger partial charge in [0.15, 0.2) is 6.61 Å². The summed E-state index contributed by atoms with van der Waals surface area (Å²) < 4.78 is 66.3. The Bertz CT molecular complexity index is 489. The Hall–Kier alpha value is -1.86. The lowest BCUT2D eigenvalue weighted by atomic mass is 10.1. The van der Waals surface area contributed by atoms with E-state index in [2.05, 4.69) is 4.74 Å². The molecular weight excluding hydrogens is 285 g/mol. The minimum Gasteiger partial charge on any atom is -0.440 e.